The molecule has 1 saturated heterocycles. The number of hydrogen-bond donors (Lipinski definition) is 2. The number of nitrogens with two attached hydrogens (primary N) is 1. The minimum atomic E-state index is -3.49. The number of sulfonamides is 1. The highest BCUT2D eigenvalue weighted by atomic mass is 79.9. The number of aliphatic hydroxyl groups excluding tert-OH is 1. The Bertz CT molecular complexity index is 539. The summed E-state index contributed by atoms with van der Waals surface area (Å²) < 4.78 is 26.7. The smallest absolute Gasteiger partial charge is 0.243 e. The topological polar surface area (TPSA) is 83.6 Å². The van der Waals surface area contributed by atoms with Crippen LogP contribution < -0.4 is 5.73 Å². The summed E-state index contributed by atoms with van der Waals surface area (Å²) >= 11 is 3.22. The zero-order chi connectivity index (χ0) is 13.3. The van der Waals surface area contributed by atoms with Gasteiger partial charge in [-0.25, -0.2) is 8.42 Å². The molecule has 1 aliphatic heterocycles. The van der Waals surface area contributed by atoms with Gasteiger partial charge in [-0.2, -0.15) is 4.31 Å². The van der Waals surface area contributed by atoms with Crippen molar-refractivity contribution >= 4 is 31.6 Å². The van der Waals surface area contributed by atoms with Crippen molar-refractivity contribution in [3.05, 3.63) is 22.7 Å². The second kappa shape index (κ2) is 5.16. The number of anilines is 1. The van der Waals surface area contributed by atoms with Crippen molar-refractivity contribution < 1.29 is 13.5 Å². The highest BCUT2D eigenvalue weighted by Gasteiger charge is 2.28. The molecule has 0 atom stereocenters. The first-order valence-corrected chi connectivity index (χ1v) is 7.88. The maximum atomic E-state index is 12.3. The number of piperidine rings is 1. The van der Waals surface area contributed by atoms with Gasteiger partial charge in [0.25, 0.3) is 0 Å². The van der Waals surface area contributed by atoms with E-state index in [1.165, 1.54) is 16.4 Å². The molecule has 1 heterocycles. The third-order valence-electron chi connectivity index (χ3n) is 3.03. The second-order valence-electron chi connectivity index (χ2n) is 4.32. The molecule has 3 N–H and O–H groups in total. The average molecular weight is 335 g/mol. The molecular weight excluding hydrogens is 320 g/mol. The van der Waals surface area contributed by atoms with Crippen LogP contribution in [0, 0.1) is 0 Å². The van der Waals surface area contributed by atoms with Crippen molar-refractivity contribution in [2.45, 2.75) is 23.8 Å². The van der Waals surface area contributed by atoms with E-state index < -0.39 is 16.1 Å². The van der Waals surface area contributed by atoms with Crippen molar-refractivity contribution in [1.82, 2.24) is 4.31 Å². The fraction of sp³-hybridized carbons (Fsp3) is 0.455. The zero-order valence-corrected chi connectivity index (χ0v) is 12.1. The van der Waals surface area contributed by atoms with Crippen LogP contribution in [0.25, 0.3) is 0 Å². The van der Waals surface area contributed by atoms with Crippen molar-refractivity contribution in [2.75, 3.05) is 18.8 Å². The molecule has 1 aromatic rings. The lowest BCUT2D eigenvalue weighted by atomic mass is 10.1. The minimum Gasteiger partial charge on any atom is -0.398 e. The quantitative estimate of drug-likeness (QED) is 0.795. The molecule has 0 saturated carbocycles. The SMILES string of the molecule is Nc1ccc(S(=O)(=O)N2CCC(O)CC2)cc1Br. The van der Waals surface area contributed by atoms with Gasteiger partial charge in [0.1, 0.15) is 0 Å². The molecule has 0 unspecified atom stereocenters. The summed E-state index contributed by atoms with van der Waals surface area (Å²) in [4.78, 5) is 0.222. The summed E-state index contributed by atoms with van der Waals surface area (Å²) in [6.07, 6.45) is 0.569. The van der Waals surface area contributed by atoms with Gasteiger partial charge in [-0.05, 0) is 47.0 Å². The predicted octanol–water partition coefficient (Wildman–Crippen LogP) is 1.18. The van der Waals surface area contributed by atoms with E-state index in [9.17, 15) is 13.5 Å². The summed E-state index contributed by atoms with van der Waals surface area (Å²) in [5.41, 5.74) is 6.14. The van der Waals surface area contributed by atoms with Crippen molar-refractivity contribution in [3.8, 4) is 0 Å². The van der Waals surface area contributed by atoms with Crippen LogP contribution in [0.1, 0.15) is 12.8 Å². The first-order chi connectivity index (χ1) is 8.41. The molecule has 5 nitrogen and oxygen atoms in total. The number of aliphatic hydroxyl groups is 1. The van der Waals surface area contributed by atoms with Gasteiger partial charge in [0.15, 0.2) is 0 Å². The number of nitrogen functional groups attached to an aromatic ring is 1. The number of benzene rings is 1. The Morgan fingerprint density at radius 2 is 1.94 bits per heavy atom. The standard InChI is InChI=1S/C11H15BrN2O3S/c12-10-7-9(1-2-11(10)13)18(16,17)14-5-3-8(15)4-6-14/h1-2,7-8,15H,3-6,13H2. The Hall–Kier alpha value is -0.630. The van der Waals surface area contributed by atoms with Gasteiger partial charge in [-0.1, -0.05) is 0 Å². The fourth-order valence-corrected chi connectivity index (χ4v) is 3.93. The van der Waals surface area contributed by atoms with E-state index >= 15 is 0 Å². The predicted molar refractivity (Wildman–Crippen MR) is 72.6 cm³/mol. The maximum Gasteiger partial charge on any atom is 0.243 e. The van der Waals surface area contributed by atoms with Gasteiger partial charge >= 0.3 is 0 Å². The molecule has 1 aromatic carbocycles. The van der Waals surface area contributed by atoms with Crippen LogP contribution in [0.2, 0.25) is 0 Å². The first-order valence-electron chi connectivity index (χ1n) is 5.64. The van der Waals surface area contributed by atoms with Gasteiger partial charge in [-0.15, -0.1) is 0 Å². The molecule has 0 amide bonds. The summed E-state index contributed by atoms with van der Waals surface area (Å²) in [6, 6.07) is 4.58. The van der Waals surface area contributed by atoms with E-state index in [-0.39, 0.29) is 4.90 Å². The lowest BCUT2D eigenvalue weighted by molar-refractivity contribution is 0.113. The average Bonchev–Trinajstić information content (AvgIpc) is 2.33. The van der Waals surface area contributed by atoms with E-state index in [0.717, 1.165) is 0 Å². The summed E-state index contributed by atoms with van der Waals surface area (Å²) in [5, 5.41) is 9.40. The number of nitrogens with zero attached hydrogens (tertiary/aromatic N) is 1. The van der Waals surface area contributed by atoms with Crippen LogP contribution in [0.4, 0.5) is 5.69 Å². The van der Waals surface area contributed by atoms with Crippen LogP contribution in [0.15, 0.2) is 27.6 Å². The van der Waals surface area contributed by atoms with Crippen molar-refractivity contribution in [2.24, 2.45) is 0 Å². The lowest BCUT2D eigenvalue weighted by Crippen LogP contribution is -2.39. The molecule has 7 heteroatoms. The van der Waals surface area contributed by atoms with Crippen LogP contribution in [0.5, 0.6) is 0 Å². The molecule has 2 rings (SSSR count). The normalized spacial score (nSPS) is 19.0. The van der Waals surface area contributed by atoms with Gasteiger partial charge in [0, 0.05) is 23.2 Å². The van der Waals surface area contributed by atoms with Crippen LogP contribution in [0.3, 0.4) is 0 Å². The summed E-state index contributed by atoms with van der Waals surface area (Å²) in [6.45, 7) is 0.705. The number of rotatable bonds is 2. The highest BCUT2D eigenvalue weighted by Crippen LogP contribution is 2.26. The molecule has 0 aromatic heterocycles. The minimum absolute atomic E-state index is 0.222. The van der Waals surface area contributed by atoms with E-state index in [4.69, 9.17) is 5.73 Å². The van der Waals surface area contributed by atoms with Crippen LogP contribution in [-0.2, 0) is 10.0 Å². The lowest BCUT2D eigenvalue weighted by Gasteiger charge is -2.28. The number of halogens is 1. The summed E-state index contributed by atoms with van der Waals surface area (Å²) in [7, 11) is -3.49. The van der Waals surface area contributed by atoms with Crippen molar-refractivity contribution in [1.29, 1.82) is 0 Å². The van der Waals surface area contributed by atoms with Gasteiger partial charge in [0.05, 0.1) is 11.0 Å². The molecular formula is C11H15BrN2O3S. The van der Waals surface area contributed by atoms with Gasteiger partial charge in [-0.3, -0.25) is 0 Å². The molecule has 18 heavy (non-hydrogen) atoms. The molecule has 0 aliphatic carbocycles. The third kappa shape index (κ3) is 2.69. The van der Waals surface area contributed by atoms with E-state index in [1.54, 1.807) is 6.07 Å². The summed E-state index contributed by atoms with van der Waals surface area (Å²) in [5.74, 6) is 0. The van der Waals surface area contributed by atoms with Crippen LogP contribution in [-0.4, -0.2) is 37.0 Å². The maximum absolute atomic E-state index is 12.3. The van der Waals surface area contributed by atoms with Gasteiger partial charge in [0.2, 0.25) is 10.0 Å². The first kappa shape index (κ1) is 13.8. The zero-order valence-electron chi connectivity index (χ0n) is 9.71. The second-order valence-corrected chi connectivity index (χ2v) is 7.11. The van der Waals surface area contributed by atoms with Crippen LogP contribution >= 0.6 is 15.9 Å². The molecule has 100 valence electrons. The third-order valence-corrected chi connectivity index (χ3v) is 5.61. The Morgan fingerprint density at radius 1 is 1.33 bits per heavy atom. The molecule has 1 aliphatic rings. The highest BCUT2D eigenvalue weighted by molar-refractivity contribution is 9.10. The van der Waals surface area contributed by atoms with E-state index in [0.29, 0.717) is 36.1 Å². The molecule has 0 spiro atoms. The Kier molecular flexibility index (Phi) is 3.96. The number of hydrogen-bond acceptors (Lipinski definition) is 4. The molecule has 0 bridgehead atoms. The van der Waals surface area contributed by atoms with Gasteiger partial charge < -0.3 is 10.8 Å². The Labute approximate surface area is 115 Å². The monoisotopic (exact) mass is 334 g/mol. The fourth-order valence-electron chi connectivity index (χ4n) is 1.90. The molecule has 0 radical (unpaired) electrons. The molecule has 1 fully saturated rings. The largest absolute Gasteiger partial charge is 0.398 e. The van der Waals surface area contributed by atoms with E-state index in [2.05, 4.69) is 15.9 Å². The van der Waals surface area contributed by atoms with E-state index in [1.807, 2.05) is 0 Å². The Balaban J connectivity index is 2.27. The van der Waals surface area contributed by atoms with Crippen molar-refractivity contribution in [3.63, 3.8) is 0 Å². The Morgan fingerprint density at radius 3 is 2.50 bits per heavy atom.